The lowest BCUT2D eigenvalue weighted by Crippen LogP contribution is -3.00. The standard InChI is InChI=1S/C38H62N3O6.BrH/c1-7-18-41(6)19-16-40(17-20-41)32-24-31-29-9-8-28-23-34(46-26(2)42)33(39-14-12-38(13-15-39)44-21-22-45-38)25-37(28,5)30(29)10-11-36(31,4)35(32)47-27(3)43;/h7,28-35H,1,8-25H2,2-6H3;1H/q+1;/p-1/t28-,29?,30?,31?,32-,33-,34-,35-,36-,37-;/m0./s1. The normalized spacial score (nSPS) is 43.7. The van der Waals surface area contributed by atoms with Crippen molar-refractivity contribution in [2.24, 2.45) is 34.5 Å². The van der Waals surface area contributed by atoms with E-state index in [1.807, 2.05) is 0 Å². The smallest absolute Gasteiger partial charge is 0.302 e. The molecule has 3 unspecified atom stereocenters. The van der Waals surface area contributed by atoms with Crippen LogP contribution in [-0.4, -0.2) is 122 Å². The van der Waals surface area contributed by atoms with Crippen LogP contribution >= 0.6 is 0 Å². The Labute approximate surface area is 299 Å². The monoisotopic (exact) mass is 735 g/mol. The molecule has 9 nitrogen and oxygen atoms in total. The molecule has 0 aromatic heterocycles. The summed E-state index contributed by atoms with van der Waals surface area (Å²) < 4.78 is 25.7. The molecule has 4 saturated carbocycles. The number of carbonyl (C=O) groups is 2. The Morgan fingerprint density at radius 3 is 2.12 bits per heavy atom. The maximum atomic E-state index is 12.6. The molecule has 7 aliphatic rings. The molecule has 0 aromatic rings. The molecular weight excluding hydrogens is 674 g/mol. The molecule has 7 rings (SSSR count). The first-order chi connectivity index (χ1) is 22.4. The lowest BCUT2D eigenvalue weighted by Gasteiger charge is -2.62. The van der Waals surface area contributed by atoms with Crippen molar-refractivity contribution >= 4 is 11.9 Å². The lowest BCUT2D eigenvalue weighted by atomic mass is 9.44. The number of carbonyl (C=O) groups excluding carboxylic acids is 2. The molecule has 0 radical (unpaired) electrons. The predicted molar refractivity (Wildman–Crippen MR) is 179 cm³/mol. The van der Waals surface area contributed by atoms with Crippen molar-refractivity contribution in [1.82, 2.24) is 9.80 Å². The van der Waals surface area contributed by atoms with Gasteiger partial charge in [-0.25, -0.2) is 0 Å². The summed E-state index contributed by atoms with van der Waals surface area (Å²) in [5, 5.41) is 0. The molecule has 48 heavy (non-hydrogen) atoms. The molecule has 0 aromatic carbocycles. The van der Waals surface area contributed by atoms with Gasteiger partial charge >= 0.3 is 11.9 Å². The number of halogens is 1. The summed E-state index contributed by atoms with van der Waals surface area (Å²) in [5.74, 6) is 1.70. The zero-order chi connectivity index (χ0) is 33.2. The lowest BCUT2D eigenvalue weighted by molar-refractivity contribution is -0.908. The molecule has 3 aliphatic heterocycles. The Hall–Kier alpha value is -1.04. The van der Waals surface area contributed by atoms with Gasteiger partial charge in [0.05, 0.1) is 39.9 Å². The number of quaternary nitrogens is 1. The number of likely N-dealkylation sites (N-methyl/N-ethyl adjacent to an activating group) is 1. The van der Waals surface area contributed by atoms with Crippen LogP contribution in [-0.2, 0) is 28.5 Å². The maximum Gasteiger partial charge on any atom is 0.302 e. The van der Waals surface area contributed by atoms with Crippen molar-refractivity contribution < 1.29 is 50.0 Å². The number of esters is 2. The Morgan fingerprint density at radius 2 is 1.50 bits per heavy atom. The van der Waals surface area contributed by atoms with E-state index in [4.69, 9.17) is 18.9 Å². The van der Waals surface area contributed by atoms with Crippen molar-refractivity contribution in [3.63, 3.8) is 0 Å². The van der Waals surface area contributed by atoms with Crippen molar-refractivity contribution in [1.29, 1.82) is 0 Å². The van der Waals surface area contributed by atoms with Gasteiger partial charge in [0.25, 0.3) is 0 Å². The average Bonchev–Trinajstić information content (AvgIpc) is 3.59. The van der Waals surface area contributed by atoms with E-state index >= 15 is 0 Å². The number of nitrogens with zero attached hydrogens (tertiary/aromatic N) is 3. The highest BCUT2D eigenvalue weighted by molar-refractivity contribution is 5.66. The van der Waals surface area contributed by atoms with Crippen molar-refractivity contribution in [3.8, 4) is 0 Å². The van der Waals surface area contributed by atoms with E-state index in [0.717, 1.165) is 88.8 Å². The third-order valence-corrected chi connectivity index (χ3v) is 14.9. The highest BCUT2D eigenvalue weighted by Crippen LogP contribution is 2.67. The molecule has 0 amide bonds. The van der Waals surface area contributed by atoms with Gasteiger partial charge in [0.2, 0.25) is 0 Å². The summed E-state index contributed by atoms with van der Waals surface area (Å²) in [6.07, 6.45) is 11.6. The number of rotatable bonds is 6. The van der Waals surface area contributed by atoms with E-state index in [-0.39, 0.29) is 58.0 Å². The van der Waals surface area contributed by atoms with Crippen LogP contribution in [0.25, 0.3) is 0 Å². The molecule has 0 bridgehead atoms. The van der Waals surface area contributed by atoms with Gasteiger partial charge in [-0.2, -0.15) is 0 Å². The highest BCUT2D eigenvalue weighted by atomic mass is 79.9. The topological polar surface area (TPSA) is 77.5 Å². The zero-order valence-electron chi connectivity index (χ0n) is 30.3. The average molecular weight is 737 g/mol. The van der Waals surface area contributed by atoms with Gasteiger partial charge in [-0.1, -0.05) is 20.4 Å². The van der Waals surface area contributed by atoms with E-state index in [2.05, 4.69) is 43.3 Å². The quantitative estimate of drug-likeness (QED) is 0.232. The second-order valence-corrected chi connectivity index (χ2v) is 17.4. The molecule has 4 aliphatic carbocycles. The van der Waals surface area contributed by atoms with Crippen LogP contribution in [0.2, 0.25) is 0 Å². The number of hydrogen-bond acceptors (Lipinski definition) is 8. The van der Waals surface area contributed by atoms with Gasteiger partial charge < -0.3 is 40.4 Å². The summed E-state index contributed by atoms with van der Waals surface area (Å²) in [6, 6.07) is 0.524. The summed E-state index contributed by atoms with van der Waals surface area (Å²) in [5.41, 5.74) is 0.208. The van der Waals surface area contributed by atoms with Gasteiger partial charge in [-0.3, -0.25) is 19.4 Å². The van der Waals surface area contributed by atoms with E-state index in [1.54, 1.807) is 13.8 Å². The summed E-state index contributed by atoms with van der Waals surface area (Å²) in [4.78, 5) is 30.3. The molecule has 0 N–H and O–H groups in total. The minimum Gasteiger partial charge on any atom is -1.00 e. The van der Waals surface area contributed by atoms with Crippen LogP contribution in [0.15, 0.2) is 12.7 Å². The Morgan fingerprint density at radius 1 is 0.854 bits per heavy atom. The predicted octanol–water partition coefficient (Wildman–Crippen LogP) is 1.64. The number of likely N-dealkylation sites (tertiary alicyclic amines) is 1. The summed E-state index contributed by atoms with van der Waals surface area (Å²) >= 11 is 0. The van der Waals surface area contributed by atoms with Crippen LogP contribution < -0.4 is 17.0 Å². The number of piperidine rings is 1. The number of piperazine rings is 1. The molecule has 1 spiro atoms. The minimum absolute atomic E-state index is 0. The zero-order valence-corrected chi connectivity index (χ0v) is 31.9. The molecule has 3 saturated heterocycles. The number of ether oxygens (including phenoxy) is 4. The minimum atomic E-state index is -0.409. The van der Waals surface area contributed by atoms with E-state index < -0.39 is 5.79 Å². The number of fused-ring (bicyclic) bond motifs is 5. The fourth-order valence-electron chi connectivity index (χ4n) is 12.4. The first-order valence-corrected chi connectivity index (χ1v) is 18.9. The first-order valence-electron chi connectivity index (χ1n) is 18.9. The SMILES string of the molecule is C=CC[N+]1(C)CCN([C@H]2CC3C4CC[C@H]5C[C@H](OC(C)=O)[C@@H](N6CCC7(CC6)OCCO7)C[C@]5(C)C4CC[C@]3(C)[C@H]2OC(C)=O)CC1.[Br-]. The number of hydrogen-bond donors (Lipinski definition) is 0. The summed E-state index contributed by atoms with van der Waals surface area (Å²) in [7, 11) is 2.35. The Balaban J connectivity index is 0.00000401. The van der Waals surface area contributed by atoms with Gasteiger partial charge in [0, 0.05) is 70.4 Å². The fraction of sp³-hybridized carbons (Fsp3) is 0.895. The van der Waals surface area contributed by atoms with Gasteiger partial charge in [-0.05, 0) is 80.1 Å². The van der Waals surface area contributed by atoms with Crippen molar-refractivity contribution in [2.45, 2.75) is 116 Å². The van der Waals surface area contributed by atoms with E-state index in [1.165, 1.54) is 19.3 Å². The Kier molecular flexibility index (Phi) is 10.6. The van der Waals surface area contributed by atoms with Gasteiger partial charge in [0.15, 0.2) is 5.79 Å². The van der Waals surface area contributed by atoms with Crippen molar-refractivity contribution in [3.05, 3.63) is 12.7 Å². The van der Waals surface area contributed by atoms with Crippen LogP contribution in [0.1, 0.15) is 85.5 Å². The van der Waals surface area contributed by atoms with Crippen molar-refractivity contribution in [2.75, 3.05) is 66.1 Å². The second kappa shape index (κ2) is 13.8. The fourth-order valence-corrected chi connectivity index (χ4v) is 12.4. The highest BCUT2D eigenvalue weighted by Gasteiger charge is 2.65. The maximum absolute atomic E-state index is 12.6. The van der Waals surface area contributed by atoms with Gasteiger partial charge in [-0.15, -0.1) is 0 Å². The first kappa shape index (κ1) is 36.7. The summed E-state index contributed by atoms with van der Waals surface area (Å²) in [6.45, 7) is 20.8. The Bertz CT molecular complexity index is 1190. The molecular formula is C38H62BrN3O6. The van der Waals surface area contributed by atoms with Crippen LogP contribution in [0.4, 0.5) is 0 Å². The van der Waals surface area contributed by atoms with Crippen LogP contribution in [0.3, 0.4) is 0 Å². The van der Waals surface area contributed by atoms with E-state index in [0.29, 0.717) is 42.9 Å². The van der Waals surface area contributed by atoms with Crippen LogP contribution in [0, 0.1) is 34.5 Å². The largest absolute Gasteiger partial charge is 1.00 e. The molecule has 10 heteroatoms. The third kappa shape index (κ3) is 6.46. The molecule has 7 fully saturated rings. The third-order valence-electron chi connectivity index (χ3n) is 14.9. The molecule has 3 heterocycles. The van der Waals surface area contributed by atoms with Crippen LogP contribution in [0.5, 0.6) is 0 Å². The van der Waals surface area contributed by atoms with E-state index in [9.17, 15) is 9.59 Å². The second-order valence-electron chi connectivity index (χ2n) is 17.4. The molecule has 272 valence electrons. The molecule has 10 atom stereocenters. The van der Waals surface area contributed by atoms with Gasteiger partial charge in [0.1, 0.15) is 12.2 Å².